The Morgan fingerprint density at radius 2 is 2.12 bits per heavy atom. The van der Waals surface area contributed by atoms with Crippen LogP contribution in [0.15, 0.2) is 28.6 Å². The maximum Gasteiger partial charge on any atom is 0.230 e. The number of hydrogen-bond donors (Lipinski definition) is 1. The van der Waals surface area contributed by atoms with Crippen molar-refractivity contribution in [3.05, 3.63) is 34.0 Å². The van der Waals surface area contributed by atoms with Crippen LogP contribution in [-0.2, 0) is 4.79 Å². The molecule has 1 heterocycles. The minimum absolute atomic E-state index is 0.0400. The number of carbonyl (C=O) groups excluding carboxylic acids is 1. The van der Waals surface area contributed by atoms with Gasteiger partial charge in [-0.3, -0.25) is 4.79 Å². The smallest absolute Gasteiger partial charge is 0.230 e. The lowest BCUT2D eigenvalue weighted by Crippen LogP contribution is -2.41. The number of halogens is 1. The van der Waals surface area contributed by atoms with Crippen molar-refractivity contribution < 1.29 is 9.18 Å². The first-order chi connectivity index (χ1) is 12.0. The average Bonchev–Trinajstić information content (AvgIpc) is 2.97. The number of rotatable bonds is 5. The maximum absolute atomic E-state index is 13.0. The van der Waals surface area contributed by atoms with Gasteiger partial charge in [0.05, 0.1) is 11.4 Å². The molecule has 1 aromatic heterocycles. The van der Waals surface area contributed by atoms with E-state index in [1.807, 2.05) is 0 Å². The molecular weight excluding hydrogens is 377 g/mol. The van der Waals surface area contributed by atoms with Gasteiger partial charge in [0, 0.05) is 6.04 Å². The SMILES string of the molecule is C[C@@H]1CCCC[C@@H]1NC(=O)CSc1nn(-c2ccc(F)cc2)c(=S)s1. The van der Waals surface area contributed by atoms with Crippen LogP contribution in [0, 0.1) is 15.7 Å². The molecule has 134 valence electrons. The number of carbonyl (C=O) groups is 1. The van der Waals surface area contributed by atoms with Gasteiger partial charge in [0.2, 0.25) is 5.91 Å². The van der Waals surface area contributed by atoms with Crippen molar-refractivity contribution in [3.8, 4) is 5.69 Å². The van der Waals surface area contributed by atoms with E-state index in [1.54, 1.807) is 16.8 Å². The van der Waals surface area contributed by atoms with Crippen molar-refractivity contribution in [1.82, 2.24) is 15.1 Å². The molecule has 1 aromatic carbocycles. The van der Waals surface area contributed by atoms with Crippen LogP contribution in [0.1, 0.15) is 32.6 Å². The van der Waals surface area contributed by atoms with Crippen molar-refractivity contribution in [2.24, 2.45) is 5.92 Å². The van der Waals surface area contributed by atoms with Crippen LogP contribution in [-0.4, -0.2) is 27.5 Å². The summed E-state index contributed by atoms with van der Waals surface area (Å²) in [6.07, 6.45) is 4.69. The first-order valence-electron chi connectivity index (χ1n) is 8.31. The van der Waals surface area contributed by atoms with Gasteiger partial charge in [0.1, 0.15) is 5.82 Å². The molecule has 0 bridgehead atoms. The number of nitrogens with one attached hydrogen (secondary N) is 1. The van der Waals surface area contributed by atoms with E-state index in [1.165, 1.54) is 54.5 Å². The first-order valence-corrected chi connectivity index (χ1v) is 10.5. The van der Waals surface area contributed by atoms with Gasteiger partial charge in [0.25, 0.3) is 0 Å². The Balaban J connectivity index is 1.58. The molecule has 8 heteroatoms. The fraction of sp³-hybridized carbons (Fsp3) is 0.471. The first kappa shape index (κ1) is 18.5. The highest BCUT2D eigenvalue weighted by Crippen LogP contribution is 2.26. The van der Waals surface area contributed by atoms with Crippen LogP contribution in [0.4, 0.5) is 4.39 Å². The minimum Gasteiger partial charge on any atom is -0.352 e. The van der Waals surface area contributed by atoms with Gasteiger partial charge < -0.3 is 5.32 Å². The molecule has 1 saturated carbocycles. The summed E-state index contributed by atoms with van der Waals surface area (Å²) in [6, 6.07) is 6.31. The summed E-state index contributed by atoms with van der Waals surface area (Å²) < 4.78 is 16.0. The molecule has 0 unspecified atom stereocenters. The normalized spacial score (nSPS) is 20.4. The van der Waals surface area contributed by atoms with Crippen molar-refractivity contribution >= 4 is 41.2 Å². The Morgan fingerprint density at radius 1 is 1.40 bits per heavy atom. The summed E-state index contributed by atoms with van der Waals surface area (Å²) in [6.45, 7) is 2.20. The molecule has 3 rings (SSSR count). The lowest BCUT2D eigenvalue weighted by atomic mass is 9.86. The number of nitrogens with zero attached hydrogens (tertiary/aromatic N) is 2. The molecule has 0 radical (unpaired) electrons. The summed E-state index contributed by atoms with van der Waals surface area (Å²) in [7, 11) is 0. The van der Waals surface area contributed by atoms with Crippen LogP contribution >= 0.6 is 35.3 Å². The number of benzene rings is 1. The van der Waals surface area contributed by atoms with E-state index in [2.05, 4.69) is 17.3 Å². The fourth-order valence-electron chi connectivity index (χ4n) is 2.97. The summed E-state index contributed by atoms with van der Waals surface area (Å²) in [5, 5.41) is 7.58. The van der Waals surface area contributed by atoms with Crippen molar-refractivity contribution in [2.75, 3.05) is 5.75 Å². The lowest BCUT2D eigenvalue weighted by Gasteiger charge is -2.29. The largest absolute Gasteiger partial charge is 0.352 e. The molecule has 2 aromatic rings. The van der Waals surface area contributed by atoms with Crippen molar-refractivity contribution in [2.45, 2.75) is 43.0 Å². The third-order valence-corrected chi connectivity index (χ3v) is 6.75. The van der Waals surface area contributed by atoms with Crippen LogP contribution in [0.25, 0.3) is 5.69 Å². The third-order valence-electron chi connectivity index (χ3n) is 4.39. The molecule has 0 spiro atoms. The summed E-state index contributed by atoms with van der Waals surface area (Å²) in [5.41, 5.74) is 0.718. The van der Waals surface area contributed by atoms with E-state index in [9.17, 15) is 9.18 Å². The van der Waals surface area contributed by atoms with E-state index in [0.29, 0.717) is 15.6 Å². The molecule has 1 N–H and O–H groups in total. The predicted molar refractivity (Wildman–Crippen MR) is 103 cm³/mol. The Bertz CT molecular complexity index is 787. The number of amides is 1. The number of aromatic nitrogens is 2. The zero-order valence-electron chi connectivity index (χ0n) is 13.9. The molecule has 0 aliphatic heterocycles. The molecule has 1 aliphatic carbocycles. The molecule has 1 aliphatic rings. The van der Waals surface area contributed by atoms with Gasteiger partial charge in [-0.2, -0.15) is 0 Å². The molecular formula is C17H20FN3OS3. The highest BCUT2D eigenvalue weighted by atomic mass is 32.2. The topological polar surface area (TPSA) is 46.9 Å². The zero-order valence-corrected chi connectivity index (χ0v) is 16.4. The summed E-state index contributed by atoms with van der Waals surface area (Å²) in [4.78, 5) is 12.2. The second kappa shape index (κ2) is 8.42. The van der Waals surface area contributed by atoms with Crippen molar-refractivity contribution in [1.29, 1.82) is 0 Å². The van der Waals surface area contributed by atoms with Gasteiger partial charge in [-0.05, 0) is 55.2 Å². The monoisotopic (exact) mass is 397 g/mol. The van der Waals surface area contributed by atoms with E-state index in [0.717, 1.165) is 16.4 Å². The third kappa shape index (κ3) is 4.89. The molecule has 4 nitrogen and oxygen atoms in total. The molecule has 1 fully saturated rings. The van der Waals surface area contributed by atoms with E-state index in [-0.39, 0.29) is 17.8 Å². The highest BCUT2D eigenvalue weighted by Gasteiger charge is 2.22. The molecule has 0 saturated heterocycles. The fourth-order valence-corrected chi connectivity index (χ4v) is 5.14. The van der Waals surface area contributed by atoms with E-state index < -0.39 is 0 Å². The van der Waals surface area contributed by atoms with Gasteiger partial charge in [0.15, 0.2) is 8.29 Å². The summed E-state index contributed by atoms with van der Waals surface area (Å²) >= 11 is 8.07. The van der Waals surface area contributed by atoms with Gasteiger partial charge >= 0.3 is 0 Å². The van der Waals surface area contributed by atoms with Gasteiger partial charge in [-0.1, -0.05) is 42.9 Å². The maximum atomic E-state index is 13.0. The minimum atomic E-state index is -0.297. The highest BCUT2D eigenvalue weighted by molar-refractivity contribution is 8.01. The average molecular weight is 398 g/mol. The quantitative estimate of drug-likeness (QED) is 0.592. The van der Waals surface area contributed by atoms with Crippen molar-refractivity contribution in [3.63, 3.8) is 0 Å². The predicted octanol–water partition coefficient (Wildman–Crippen LogP) is 4.59. The van der Waals surface area contributed by atoms with Crippen LogP contribution in [0.2, 0.25) is 0 Å². The van der Waals surface area contributed by atoms with Gasteiger partial charge in [-0.25, -0.2) is 9.07 Å². The summed E-state index contributed by atoms with van der Waals surface area (Å²) in [5.74, 6) is 0.615. The Kier molecular flexibility index (Phi) is 6.24. The second-order valence-electron chi connectivity index (χ2n) is 6.25. The number of hydrogen-bond acceptors (Lipinski definition) is 5. The Hall–Kier alpha value is -1.25. The zero-order chi connectivity index (χ0) is 17.8. The molecule has 1 amide bonds. The molecule has 25 heavy (non-hydrogen) atoms. The van der Waals surface area contributed by atoms with Crippen LogP contribution in [0.3, 0.4) is 0 Å². The van der Waals surface area contributed by atoms with Crippen LogP contribution in [0.5, 0.6) is 0 Å². The molecule has 2 atom stereocenters. The van der Waals surface area contributed by atoms with Gasteiger partial charge in [-0.15, -0.1) is 5.10 Å². The lowest BCUT2D eigenvalue weighted by molar-refractivity contribution is -0.119. The number of thioether (sulfide) groups is 1. The Labute approximate surface area is 159 Å². The second-order valence-corrected chi connectivity index (χ2v) is 9.09. The Morgan fingerprint density at radius 3 is 2.84 bits per heavy atom. The van der Waals surface area contributed by atoms with E-state index in [4.69, 9.17) is 12.2 Å². The van der Waals surface area contributed by atoms with E-state index >= 15 is 0 Å². The standard InChI is InChI=1S/C17H20FN3OS3/c1-11-4-2-3-5-14(11)19-15(22)10-24-16-20-21(17(23)25-16)13-8-6-12(18)7-9-13/h6-9,11,14H,2-5,10H2,1H3,(H,19,22)/t11-,14+/m1/s1. The van der Waals surface area contributed by atoms with Crippen LogP contribution < -0.4 is 5.32 Å².